The fraction of sp³-hybridized carbons (Fsp3) is 0.182. The molecule has 7 nitrogen and oxygen atoms in total. The van der Waals surface area contributed by atoms with E-state index in [1.165, 1.54) is 11.0 Å². The van der Waals surface area contributed by atoms with Gasteiger partial charge in [-0.25, -0.2) is 4.79 Å². The van der Waals surface area contributed by atoms with Crippen LogP contribution in [0.3, 0.4) is 0 Å². The molecule has 3 rings (SSSR count). The van der Waals surface area contributed by atoms with Crippen molar-refractivity contribution < 1.29 is 19.1 Å². The van der Waals surface area contributed by atoms with Crippen LogP contribution in [0.25, 0.3) is 6.08 Å². The fourth-order valence-corrected chi connectivity index (χ4v) is 3.05. The second kappa shape index (κ2) is 8.85. The Bertz CT molecular complexity index is 1010. The third-order valence-corrected chi connectivity index (χ3v) is 4.42. The number of carbonyl (C=O) groups is 3. The highest BCUT2D eigenvalue weighted by Crippen LogP contribution is 2.31. The number of esters is 1. The molecule has 1 aliphatic rings. The van der Waals surface area contributed by atoms with Crippen LogP contribution in [0.1, 0.15) is 24.5 Å². The van der Waals surface area contributed by atoms with Crippen LogP contribution in [0.2, 0.25) is 0 Å². The molecule has 2 amide bonds. The quantitative estimate of drug-likeness (QED) is 0.640. The molecule has 0 saturated heterocycles. The zero-order valence-corrected chi connectivity index (χ0v) is 15.8. The van der Waals surface area contributed by atoms with E-state index in [1.807, 2.05) is 6.07 Å². The van der Waals surface area contributed by atoms with Crippen molar-refractivity contribution in [1.82, 2.24) is 0 Å². The molecule has 1 atom stereocenters. The van der Waals surface area contributed by atoms with Gasteiger partial charge < -0.3 is 15.0 Å². The summed E-state index contributed by atoms with van der Waals surface area (Å²) < 4.78 is 5.08. The fourth-order valence-electron chi connectivity index (χ4n) is 3.05. The van der Waals surface area contributed by atoms with E-state index < -0.39 is 18.5 Å². The number of rotatable bonds is 4. The summed E-state index contributed by atoms with van der Waals surface area (Å²) in [5, 5.41) is 11.6. The molecule has 146 valence electrons. The molecule has 0 bridgehead atoms. The predicted octanol–water partition coefficient (Wildman–Crippen LogP) is 2.88. The van der Waals surface area contributed by atoms with Gasteiger partial charge >= 0.3 is 5.97 Å². The smallest absolute Gasteiger partial charge is 0.331 e. The van der Waals surface area contributed by atoms with Gasteiger partial charge in [-0.3, -0.25) is 9.59 Å². The Morgan fingerprint density at radius 1 is 1.24 bits per heavy atom. The van der Waals surface area contributed by atoms with Crippen molar-refractivity contribution in [1.29, 1.82) is 5.26 Å². The van der Waals surface area contributed by atoms with Crippen LogP contribution in [0.15, 0.2) is 54.6 Å². The number of ether oxygens (including phenoxy) is 1. The monoisotopic (exact) mass is 389 g/mol. The molecule has 0 aromatic heterocycles. The van der Waals surface area contributed by atoms with Crippen LogP contribution in [0.4, 0.5) is 11.4 Å². The zero-order valence-electron chi connectivity index (χ0n) is 15.8. The van der Waals surface area contributed by atoms with Crippen molar-refractivity contribution in [3.63, 3.8) is 0 Å². The summed E-state index contributed by atoms with van der Waals surface area (Å²) in [5.41, 5.74) is 2.37. The number of fused-ring (bicyclic) bond motifs is 1. The number of nitrogens with zero attached hydrogens (tertiary/aromatic N) is 2. The summed E-state index contributed by atoms with van der Waals surface area (Å²) in [6, 6.07) is 15.3. The molecule has 0 spiro atoms. The summed E-state index contributed by atoms with van der Waals surface area (Å²) in [4.78, 5) is 38.2. The van der Waals surface area contributed by atoms with E-state index in [0.29, 0.717) is 16.9 Å². The van der Waals surface area contributed by atoms with Crippen LogP contribution in [-0.4, -0.2) is 30.4 Å². The van der Waals surface area contributed by atoms with Gasteiger partial charge in [-0.15, -0.1) is 0 Å². The molecular weight excluding hydrogens is 370 g/mol. The normalized spacial score (nSPS) is 15.8. The van der Waals surface area contributed by atoms with Crippen molar-refractivity contribution in [3.8, 4) is 6.07 Å². The highest BCUT2D eigenvalue weighted by Gasteiger charge is 2.29. The number of nitriles is 1. The topological polar surface area (TPSA) is 99.5 Å². The SMILES string of the molecule is C[C@@H]1CC(=O)Nc2ccccc2N1C(=O)COC(=O)/C=C/c1ccc(C#N)cc1. The van der Waals surface area contributed by atoms with Gasteiger partial charge in [0.15, 0.2) is 6.61 Å². The molecule has 1 heterocycles. The van der Waals surface area contributed by atoms with Crippen LogP contribution >= 0.6 is 0 Å². The molecule has 0 radical (unpaired) electrons. The van der Waals surface area contributed by atoms with Gasteiger partial charge in [-0.1, -0.05) is 24.3 Å². The summed E-state index contributed by atoms with van der Waals surface area (Å²) in [6.45, 7) is 1.33. The summed E-state index contributed by atoms with van der Waals surface area (Å²) >= 11 is 0. The van der Waals surface area contributed by atoms with Crippen molar-refractivity contribution >= 4 is 35.2 Å². The zero-order chi connectivity index (χ0) is 20.8. The molecular formula is C22H19N3O4. The Labute approximate surface area is 168 Å². The van der Waals surface area contributed by atoms with Crippen LogP contribution in [-0.2, 0) is 19.1 Å². The second-order valence-electron chi connectivity index (χ2n) is 6.56. The van der Waals surface area contributed by atoms with Gasteiger partial charge in [0.05, 0.1) is 23.0 Å². The predicted molar refractivity (Wildman–Crippen MR) is 108 cm³/mol. The molecule has 0 unspecified atom stereocenters. The number of carbonyl (C=O) groups excluding carboxylic acids is 3. The summed E-state index contributed by atoms with van der Waals surface area (Å²) in [5.74, 6) is -1.25. The Hall–Kier alpha value is -3.92. The summed E-state index contributed by atoms with van der Waals surface area (Å²) in [6.07, 6.45) is 2.91. The minimum atomic E-state index is -0.660. The molecule has 29 heavy (non-hydrogen) atoms. The van der Waals surface area contributed by atoms with Crippen LogP contribution in [0, 0.1) is 11.3 Å². The maximum Gasteiger partial charge on any atom is 0.331 e. The maximum atomic E-state index is 12.7. The molecule has 2 aromatic rings. The highest BCUT2D eigenvalue weighted by atomic mass is 16.5. The molecule has 7 heteroatoms. The largest absolute Gasteiger partial charge is 0.452 e. The minimum absolute atomic E-state index is 0.146. The lowest BCUT2D eigenvalue weighted by molar-refractivity contribution is -0.143. The lowest BCUT2D eigenvalue weighted by Gasteiger charge is -2.27. The van der Waals surface area contributed by atoms with Gasteiger partial charge in [-0.2, -0.15) is 5.26 Å². The van der Waals surface area contributed by atoms with Gasteiger partial charge in [0.1, 0.15) is 0 Å². The third-order valence-electron chi connectivity index (χ3n) is 4.42. The number of amides is 2. The maximum absolute atomic E-state index is 12.7. The van der Waals surface area contributed by atoms with Crippen molar-refractivity contribution in [2.75, 3.05) is 16.8 Å². The summed E-state index contributed by atoms with van der Waals surface area (Å²) in [7, 11) is 0. The third kappa shape index (κ3) is 4.87. The number of hydrogen-bond donors (Lipinski definition) is 1. The first kappa shape index (κ1) is 19.8. The Morgan fingerprint density at radius 3 is 2.69 bits per heavy atom. The van der Waals surface area contributed by atoms with Crippen molar-refractivity contribution in [2.45, 2.75) is 19.4 Å². The van der Waals surface area contributed by atoms with Crippen molar-refractivity contribution in [3.05, 3.63) is 65.7 Å². The first-order valence-corrected chi connectivity index (χ1v) is 9.04. The standard InChI is InChI=1S/C22H19N3O4/c1-15-12-20(26)24-18-4-2-3-5-19(18)25(15)21(27)14-29-22(28)11-10-16-6-8-17(13-23)9-7-16/h2-11,15H,12,14H2,1H3,(H,24,26)/b11-10+/t15-/m1/s1. The van der Waals surface area contributed by atoms with Crippen molar-refractivity contribution in [2.24, 2.45) is 0 Å². The lowest BCUT2D eigenvalue weighted by Crippen LogP contribution is -2.41. The van der Waals surface area contributed by atoms with E-state index in [1.54, 1.807) is 61.5 Å². The molecule has 0 aliphatic carbocycles. The number of nitrogens with one attached hydrogen (secondary N) is 1. The molecule has 1 aliphatic heterocycles. The van der Waals surface area contributed by atoms with E-state index in [2.05, 4.69) is 5.32 Å². The van der Waals surface area contributed by atoms with E-state index in [-0.39, 0.29) is 18.4 Å². The molecule has 1 N–H and O–H groups in total. The molecule has 2 aromatic carbocycles. The second-order valence-corrected chi connectivity index (χ2v) is 6.56. The minimum Gasteiger partial charge on any atom is -0.452 e. The number of para-hydroxylation sites is 2. The average molecular weight is 389 g/mol. The van der Waals surface area contributed by atoms with Crippen LogP contribution in [0.5, 0.6) is 0 Å². The first-order chi connectivity index (χ1) is 14.0. The van der Waals surface area contributed by atoms with E-state index in [9.17, 15) is 14.4 Å². The Morgan fingerprint density at radius 2 is 1.97 bits per heavy atom. The van der Waals surface area contributed by atoms with Crippen LogP contribution < -0.4 is 10.2 Å². The molecule has 0 fully saturated rings. The Balaban J connectivity index is 1.65. The first-order valence-electron chi connectivity index (χ1n) is 9.04. The number of anilines is 2. The van der Waals surface area contributed by atoms with E-state index in [0.717, 1.165) is 5.56 Å². The Kier molecular flexibility index (Phi) is 6.05. The van der Waals surface area contributed by atoms with Gasteiger partial charge in [0.2, 0.25) is 5.91 Å². The van der Waals surface area contributed by atoms with E-state index >= 15 is 0 Å². The van der Waals surface area contributed by atoms with Gasteiger partial charge in [0.25, 0.3) is 5.91 Å². The average Bonchev–Trinajstić information content (AvgIpc) is 2.85. The van der Waals surface area contributed by atoms with Gasteiger partial charge in [0, 0.05) is 18.5 Å². The molecule has 0 saturated carbocycles. The highest BCUT2D eigenvalue weighted by molar-refractivity contribution is 6.05. The van der Waals surface area contributed by atoms with Gasteiger partial charge in [-0.05, 0) is 42.8 Å². The van der Waals surface area contributed by atoms with E-state index in [4.69, 9.17) is 10.00 Å². The number of hydrogen-bond acceptors (Lipinski definition) is 5. The number of benzene rings is 2. The lowest BCUT2D eigenvalue weighted by atomic mass is 10.1.